The van der Waals surface area contributed by atoms with E-state index in [0.717, 1.165) is 19.4 Å². The highest BCUT2D eigenvalue weighted by Crippen LogP contribution is 2.25. The van der Waals surface area contributed by atoms with Gasteiger partial charge in [0.1, 0.15) is 0 Å². The van der Waals surface area contributed by atoms with Gasteiger partial charge in [-0.2, -0.15) is 0 Å². The van der Waals surface area contributed by atoms with Gasteiger partial charge < -0.3 is 5.32 Å². The Balaban J connectivity index is 2.44. The zero-order valence-corrected chi connectivity index (χ0v) is 7.98. The molecule has 12 heavy (non-hydrogen) atoms. The van der Waals surface area contributed by atoms with Gasteiger partial charge in [0.2, 0.25) is 0 Å². The molecular formula is C11H17N. The molecule has 0 saturated heterocycles. The summed E-state index contributed by atoms with van der Waals surface area (Å²) in [6.45, 7) is 7.18. The second-order valence-corrected chi connectivity index (χ2v) is 3.18. The third kappa shape index (κ3) is 2.08. The Morgan fingerprint density at radius 1 is 1.58 bits per heavy atom. The van der Waals surface area contributed by atoms with Crippen molar-refractivity contribution in [2.45, 2.75) is 19.8 Å². The highest BCUT2D eigenvalue weighted by molar-refractivity contribution is 5.41. The maximum atomic E-state index is 4.03. The Labute approximate surface area is 74.9 Å². The van der Waals surface area contributed by atoms with Crippen LogP contribution >= 0.6 is 0 Å². The second-order valence-electron chi connectivity index (χ2n) is 3.18. The first-order valence-corrected chi connectivity index (χ1v) is 4.49. The number of nitrogens with one attached hydrogen (secondary N) is 1. The molecule has 1 aliphatic carbocycles. The van der Waals surface area contributed by atoms with Gasteiger partial charge in [-0.25, -0.2) is 0 Å². The van der Waals surface area contributed by atoms with Crippen molar-refractivity contribution in [1.29, 1.82) is 0 Å². The quantitative estimate of drug-likeness (QED) is 0.671. The van der Waals surface area contributed by atoms with Crippen molar-refractivity contribution in [2.24, 2.45) is 0 Å². The van der Waals surface area contributed by atoms with Crippen LogP contribution in [0.4, 0.5) is 0 Å². The summed E-state index contributed by atoms with van der Waals surface area (Å²) in [6, 6.07) is 0. The van der Waals surface area contributed by atoms with Crippen molar-refractivity contribution >= 4 is 0 Å². The molecule has 0 unspecified atom stereocenters. The van der Waals surface area contributed by atoms with E-state index in [1.54, 1.807) is 0 Å². The Morgan fingerprint density at radius 3 is 2.92 bits per heavy atom. The van der Waals surface area contributed by atoms with Crippen LogP contribution in [0.3, 0.4) is 0 Å². The number of hydrogen-bond acceptors (Lipinski definition) is 1. The molecular weight excluding hydrogens is 146 g/mol. The van der Waals surface area contributed by atoms with Crippen LogP contribution in [0, 0.1) is 0 Å². The van der Waals surface area contributed by atoms with Crippen molar-refractivity contribution in [3.8, 4) is 0 Å². The van der Waals surface area contributed by atoms with Gasteiger partial charge in [0, 0.05) is 6.54 Å². The zero-order chi connectivity index (χ0) is 8.97. The molecule has 0 spiro atoms. The molecule has 1 N–H and O–H groups in total. The lowest BCUT2D eigenvalue weighted by Gasteiger charge is -2.05. The minimum atomic E-state index is 0.997. The topological polar surface area (TPSA) is 12.0 Å². The Hall–Kier alpha value is -0.820. The molecule has 0 amide bonds. The average Bonchev–Trinajstić information content (AvgIpc) is 2.52. The predicted octanol–water partition coefficient (Wildman–Crippen LogP) is 2.43. The van der Waals surface area contributed by atoms with E-state index < -0.39 is 0 Å². The van der Waals surface area contributed by atoms with E-state index >= 15 is 0 Å². The SMILES string of the molecule is C=C(CC)C1=CC=C(CNC)C1. The maximum Gasteiger partial charge on any atom is 0.0168 e. The molecule has 0 aromatic rings. The normalized spacial score (nSPS) is 15.8. The fourth-order valence-electron chi connectivity index (χ4n) is 1.40. The fourth-order valence-corrected chi connectivity index (χ4v) is 1.40. The monoisotopic (exact) mass is 163 g/mol. The molecule has 0 radical (unpaired) electrons. The first-order chi connectivity index (χ1) is 5.77. The minimum Gasteiger partial charge on any atom is -0.316 e. The summed E-state index contributed by atoms with van der Waals surface area (Å²) in [5, 5.41) is 3.16. The Morgan fingerprint density at radius 2 is 2.33 bits per heavy atom. The lowest BCUT2D eigenvalue weighted by atomic mass is 10.0. The molecule has 1 heteroatoms. The summed E-state index contributed by atoms with van der Waals surface area (Å²) in [5.41, 5.74) is 4.14. The first-order valence-electron chi connectivity index (χ1n) is 4.49. The van der Waals surface area contributed by atoms with Crippen LogP contribution in [-0.2, 0) is 0 Å². The van der Waals surface area contributed by atoms with Crippen LogP contribution in [0.5, 0.6) is 0 Å². The minimum absolute atomic E-state index is 0.997. The summed E-state index contributed by atoms with van der Waals surface area (Å²) in [4.78, 5) is 0. The van der Waals surface area contributed by atoms with Crippen molar-refractivity contribution in [3.05, 3.63) is 35.5 Å². The van der Waals surface area contributed by atoms with E-state index in [0.29, 0.717) is 0 Å². The molecule has 0 atom stereocenters. The lowest BCUT2D eigenvalue weighted by Crippen LogP contribution is -2.09. The first kappa shape index (κ1) is 9.27. The van der Waals surface area contributed by atoms with Crippen molar-refractivity contribution < 1.29 is 0 Å². The summed E-state index contributed by atoms with van der Waals surface area (Å²) in [5.74, 6) is 0. The smallest absolute Gasteiger partial charge is 0.0168 e. The van der Waals surface area contributed by atoms with Gasteiger partial charge in [-0.05, 0) is 25.5 Å². The molecule has 0 fully saturated rings. The molecule has 0 heterocycles. The van der Waals surface area contributed by atoms with E-state index in [1.165, 1.54) is 16.7 Å². The summed E-state index contributed by atoms with van der Waals surface area (Å²) < 4.78 is 0. The third-order valence-electron chi connectivity index (χ3n) is 2.22. The number of allylic oxidation sites excluding steroid dienone is 4. The van der Waals surface area contributed by atoms with Gasteiger partial charge in [-0.1, -0.05) is 36.8 Å². The fraction of sp³-hybridized carbons (Fsp3) is 0.455. The van der Waals surface area contributed by atoms with E-state index in [-0.39, 0.29) is 0 Å². The van der Waals surface area contributed by atoms with E-state index in [1.807, 2.05) is 7.05 Å². The van der Waals surface area contributed by atoms with Gasteiger partial charge in [0.05, 0.1) is 0 Å². The van der Waals surface area contributed by atoms with Gasteiger partial charge in [-0.15, -0.1) is 0 Å². The van der Waals surface area contributed by atoms with Crippen LogP contribution in [0.2, 0.25) is 0 Å². The van der Waals surface area contributed by atoms with E-state index in [9.17, 15) is 0 Å². The van der Waals surface area contributed by atoms with Gasteiger partial charge in [0.25, 0.3) is 0 Å². The molecule has 0 aliphatic heterocycles. The number of hydrogen-bond donors (Lipinski definition) is 1. The molecule has 0 saturated carbocycles. The van der Waals surface area contributed by atoms with Gasteiger partial charge in [-0.3, -0.25) is 0 Å². The lowest BCUT2D eigenvalue weighted by molar-refractivity contribution is 0.858. The van der Waals surface area contributed by atoms with Crippen LogP contribution in [0.25, 0.3) is 0 Å². The van der Waals surface area contributed by atoms with Crippen molar-refractivity contribution in [3.63, 3.8) is 0 Å². The molecule has 1 rings (SSSR count). The second kappa shape index (κ2) is 4.27. The standard InChI is InChI=1S/C11H17N/c1-4-9(2)11-6-5-10(7-11)8-12-3/h5-6,12H,2,4,7-8H2,1,3H3. The average molecular weight is 163 g/mol. The summed E-state index contributed by atoms with van der Waals surface area (Å²) in [7, 11) is 1.98. The van der Waals surface area contributed by atoms with Crippen LogP contribution in [-0.4, -0.2) is 13.6 Å². The number of likely N-dealkylation sites (N-methyl/N-ethyl adjacent to an activating group) is 1. The Bertz CT molecular complexity index is 233. The predicted molar refractivity (Wildman–Crippen MR) is 54.1 cm³/mol. The molecule has 1 nitrogen and oxygen atoms in total. The maximum absolute atomic E-state index is 4.03. The molecule has 66 valence electrons. The zero-order valence-electron chi connectivity index (χ0n) is 7.98. The largest absolute Gasteiger partial charge is 0.316 e. The number of rotatable bonds is 4. The third-order valence-corrected chi connectivity index (χ3v) is 2.22. The van der Waals surface area contributed by atoms with Crippen LogP contribution in [0.15, 0.2) is 35.5 Å². The van der Waals surface area contributed by atoms with E-state index in [4.69, 9.17) is 0 Å². The molecule has 1 aliphatic rings. The highest BCUT2D eigenvalue weighted by Gasteiger charge is 2.08. The molecule has 0 bridgehead atoms. The van der Waals surface area contributed by atoms with Gasteiger partial charge in [0.15, 0.2) is 0 Å². The van der Waals surface area contributed by atoms with Gasteiger partial charge >= 0.3 is 0 Å². The van der Waals surface area contributed by atoms with E-state index in [2.05, 4.69) is 31.0 Å². The van der Waals surface area contributed by atoms with Crippen LogP contribution in [0.1, 0.15) is 19.8 Å². The molecule has 0 aromatic heterocycles. The van der Waals surface area contributed by atoms with Crippen LogP contribution < -0.4 is 5.32 Å². The van der Waals surface area contributed by atoms with Crippen molar-refractivity contribution in [1.82, 2.24) is 5.32 Å². The molecule has 0 aromatic carbocycles. The highest BCUT2D eigenvalue weighted by atomic mass is 14.8. The Kier molecular flexibility index (Phi) is 3.30. The summed E-state index contributed by atoms with van der Waals surface area (Å²) in [6.07, 6.45) is 6.55. The van der Waals surface area contributed by atoms with Crippen molar-refractivity contribution in [2.75, 3.05) is 13.6 Å². The summed E-state index contributed by atoms with van der Waals surface area (Å²) >= 11 is 0.